The third-order valence-corrected chi connectivity index (χ3v) is 7.26. The molecule has 10 heteroatoms. The van der Waals surface area contributed by atoms with E-state index in [4.69, 9.17) is 5.84 Å². The molecule has 3 N–H and O–H groups in total. The molecule has 0 unspecified atom stereocenters. The van der Waals surface area contributed by atoms with Crippen molar-refractivity contribution in [3.8, 4) is 0 Å². The minimum atomic E-state index is -3.88. The maximum absolute atomic E-state index is 14.1. The van der Waals surface area contributed by atoms with Crippen LogP contribution in [0.4, 0.5) is 8.78 Å². The van der Waals surface area contributed by atoms with E-state index in [0.717, 1.165) is 28.5 Å². The lowest BCUT2D eigenvalue weighted by Crippen LogP contribution is -2.46. The second-order valence-corrected chi connectivity index (χ2v) is 12.0. The van der Waals surface area contributed by atoms with E-state index in [1.807, 2.05) is 32.8 Å². The molecular formula is C25H32F2N4O3S. The molecule has 0 amide bonds. The van der Waals surface area contributed by atoms with Crippen LogP contribution < -0.4 is 11.4 Å². The Morgan fingerprint density at radius 3 is 2.11 bits per heavy atom. The van der Waals surface area contributed by atoms with Gasteiger partial charge < -0.3 is 9.88 Å². The van der Waals surface area contributed by atoms with Crippen molar-refractivity contribution in [2.24, 2.45) is 11.3 Å². The topological polar surface area (TPSA) is 99.5 Å². The van der Waals surface area contributed by atoms with E-state index < -0.39 is 21.5 Å². The quantitative estimate of drug-likeness (QED) is 0.341. The number of aromatic amines is 1. The molecule has 0 saturated heterocycles. The average molecular weight is 507 g/mol. The molecule has 7 nitrogen and oxygen atoms in total. The maximum Gasteiger partial charge on any atom is 0.271 e. The van der Waals surface area contributed by atoms with Gasteiger partial charge in [-0.2, -0.15) is 0 Å². The molecule has 190 valence electrons. The number of nitrogens with zero attached hydrogens (tertiary/aromatic N) is 2. The largest absolute Gasteiger partial charge is 0.322 e. The van der Waals surface area contributed by atoms with Gasteiger partial charge in [-0.05, 0) is 61.3 Å². The molecule has 3 rings (SSSR count). The maximum atomic E-state index is 14.1. The molecule has 0 aliphatic carbocycles. The molecule has 1 heterocycles. The number of hydrogen-bond acceptors (Lipinski definition) is 5. The Morgan fingerprint density at radius 2 is 1.54 bits per heavy atom. The molecule has 0 bridgehead atoms. The van der Waals surface area contributed by atoms with Gasteiger partial charge in [-0.1, -0.05) is 32.0 Å². The van der Waals surface area contributed by atoms with E-state index in [-0.39, 0.29) is 27.8 Å². The summed E-state index contributed by atoms with van der Waals surface area (Å²) in [5.41, 5.74) is 0.613. The summed E-state index contributed by atoms with van der Waals surface area (Å²) in [6, 6.07) is 12.2. The molecule has 0 atom stereocenters. The molecule has 0 fully saturated rings. The Labute approximate surface area is 204 Å². The van der Waals surface area contributed by atoms with Gasteiger partial charge in [0.1, 0.15) is 0 Å². The Bertz CT molecular complexity index is 1360. The fourth-order valence-corrected chi connectivity index (χ4v) is 5.61. The number of alkyl halides is 2. The van der Waals surface area contributed by atoms with Crippen LogP contribution in [0.3, 0.4) is 0 Å². The highest BCUT2D eigenvalue weighted by molar-refractivity contribution is 7.89. The summed E-state index contributed by atoms with van der Waals surface area (Å²) in [5.74, 6) is 2.79. The first-order valence-electron chi connectivity index (χ1n) is 11.1. The molecular weight excluding hydrogens is 474 g/mol. The number of H-pyrrole nitrogens is 1. The van der Waals surface area contributed by atoms with Gasteiger partial charge in [0.05, 0.1) is 4.90 Å². The molecule has 0 saturated carbocycles. The predicted octanol–water partition coefficient (Wildman–Crippen LogP) is 3.68. The minimum absolute atomic E-state index is 0.0772. The molecule has 0 aliphatic heterocycles. The summed E-state index contributed by atoms with van der Waals surface area (Å²) >= 11 is 0. The lowest BCUT2D eigenvalue weighted by Gasteiger charge is -2.31. The van der Waals surface area contributed by atoms with E-state index in [1.54, 1.807) is 30.3 Å². The number of benzene rings is 2. The summed E-state index contributed by atoms with van der Waals surface area (Å²) in [6.07, 6.45) is 0.395. The number of hydrogen-bond donors (Lipinski definition) is 2. The van der Waals surface area contributed by atoms with Gasteiger partial charge in [0.15, 0.2) is 0 Å². The average Bonchev–Trinajstić information content (AvgIpc) is 2.71. The van der Waals surface area contributed by atoms with Crippen molar-refractivity contribution in [2.75, 3.05) is 27.2 Å². The molecule has 0 aliphatic rings. The lowest BCUT2D eigenvalue weighted by molar-refractivity contribution is 0.0189. The fraction of sp³-hybridized carbons (Fsp3) is 0.400. The smallest absolute Gasteiger partial charge is 0.271 e. The highest BCUT2D eigenvalue weighted by atomic mass is 32.2. The van der Waals surface area contributed by atoms with Crippen LogP contribution in [0.1, 0.15) is 37.5 Å². The molecule has 1 aromatic heterocycles. The first kappa shape index (κ1) is 26.9. The highest BCUT2D eigenvalue weighted by Crippen LogP contribution is 2.32. The normalized spacial score (nSPS) is 13.2. The number of fused-ring (bicyclic) bond motifs is 1. The third kappa shape index (κ3) is 6.52. The van der Waals surface area contributed by atoms with E-state index >= 15 is 0 Å². The fourth-order valence-electron chi connectivity index (χ4n) is 4.34. The van der Waals surface area contributed by atoms with E-state index in [0.29, 0.717) is 18.5 Å². The summed E-state index contributed by atoms with van der Waals surface area (Å²) in [7, 11) is -0.0450. The van der Waals surface area contributed by atoms with Crippen molar-refractivity contribution < 1.29 is 17.2 Å². The Morgan fingerprint density at radius 1 is 0.943 bits per heavy atom. The molecule has 0 radical (unpaired) electrons. The van der Waals surface area contributed by atoms with Crippen molar-refractivity contribution in [3.05, 3.63) is 75.6 Å². The Hall–Kier alpha value is -2.66. The number of pyridine rings is 1. The number of hydrazine groups is 1. The monoisotopic (exact) mass is 506 g/mol. The van der Waals surface area contributed by atoms with E-state index in [9.17, 15) is 22.0 Å². The summed E-state index contributed by atoms with van der Waals surface area (Å²) in [5, 5.41) is 0.271. The zero-order valence-electron chi connectivity index (χ0n) is 20.6. The lowest BCUT2D eigenvalue weighted by atomic mass is 9.93. The minimum Gasteiger partial charge on any atom is -0.322 e. The van der Waals surface area contributed by atoms with Crippen LogP contribution in [-0.4, -0.2) is 49.9 Å². The molecule has 35 heavy (non-hydrogen) atoms. The standard InChI is InChI=1S/C25H32F2N4O3S/c1-24(2,15-30(4)5)16-31(28)35(33,34)19-9-6-17(7-10-19)12-18-8-11-22-20(13-18)21(25(3,26)27)14-23(32)29-22/h6-11,13-14H,12,15-16,28H2,1-5H3,(H,29,32). The van der Waals surface area contributed by atoms with Crippen LogP contribution in [0.2, 0.25) is 0 Å². The SMILES string of the molecule is CN(C)CC(C)(C)CN(N)S(=O)(=O)c1ccc(Cc2ccc3[nH]c(=O)cc(C(C)(F)F)c3c2)cc1. The number of rotatable bonds is 9. The number of nitrogens with one attached hydrogen (secondary N) is 1. The Balaban J connectivity index is 1.83. The zero-order valence-corrected chi connectivity index (χ0v) is 21.4. The van der Waals surface area contributed by atoms with Crippen molar-refractivity contribution in [2.45, 2.75) is 38.0 Å². The number of aromatic nitrogens is 1. The van der Waals surface area contributed by atoms with Gasteiger partial charge in [0.25, 0.3) is 15.9 Å². The molecule has 2 aromatic carbocycles. The summed E-state index contributed by atoms with van der Waals surface area (Å²) in [4.78, 5) is 16.4. The second-order valence-electron chi connectivity index (χ2n) is 10.1. The molecule has 0 spiro atoms. The van der Waals surface area contributed by atoms with Crippen LogP contribution in [0.25, 0.3) is 10.9 Å². The van der Waals surface area contributed by atoms with E-state index in [1.165, 1.54) is 12.1 Å². The van der Waals surface area contributed by atoms with Gasteiger partial charge in [-0.15, -0.1) is 4.41 Å². The number of nitrogens with two attached hydrogens (primary N) is 1. The summed E-state index contributed by atoms with van der Waals surface area (Å²) < 4.78 is 55.0. The number of halogens is 2. The van der Waals surface area contributed by atoms with Crippen molar-refractivity contribution in [1.29, 1.82) is 0 Å². The predicted molar refractivity (Wildman–Crippen MR) is 134 cm³/mol. The summed E-state index contributed by atoms with van der Waals surface area (Å²) in [6.45, 7) is 5.48. The van der Waals surface area contributed by atoms with Crippen LogP contribution in [0.5, 0.6) is 0 Å². The number of sulfonamides is 1. The van der Waals surface area contributed by atoms with Crippen molar-refractivity contribution in [1.82, 2.24) is 14.3 Å². The van der Waals surface area contributed by atoms with Crippen molar-refractivity contribution in [3.63, 3.8) is 0 Å². The van der Waals surface area contributed by atoms with Gasteiger partial charge >= 0.3 is 0 Å². The van der Waals surface area contributed by atoms with Crippen LogP contribution >= 0.6 is 0 Å². The van der Waals surface area contributed by atoms with Gasteiger partial charge in [0, 0.05) is 42.5 Å². The highest BCUT2D eigenvalue weighted by Gasteiger charge is 2.29. The van der Waals surface area contributed by atoms with Gasteiger partial charge in [-0.3, -0.25) is 10.6 Å². The second kappa shape index (κ2) is 9.77. The van der Waals surface area contributed by atoms with Gasteiger partial charge in [0.2, 0.25) is 5.56 Å². The van der Waals surface area contributed by atoms with Crippen molar-refractivity contribution >= 4 is 20.9 Å². The van der Waals surface area contributed by atoms with Gasteiger partial charge in [-0.25, -0.2) is 17.2 Å². The van der Waals surface area contributed by atoms with Crippen LogP contribution in [-0.2, 0) is 22.4 Å². The zero-order chi connectivity index (χ0) is 26.2. The first-order valence-corrected chi connectivity index (χ1v) is 12.6. The first-order chi connectivity index (χ1) is 16.1. The van der Waals surface area contributed by atoms with E-state index in [2.05, 4.69) is 4.98 Å². The van der Waals surface area contributed by atoms with Crippen LogP contribution in [0.15, 0.2) is 58.2 Å². The van der Waals surface area contributed by atoms with Crippen LogP contribution in [0, 0.1) is 5.41 Å². The third-order valence-electron chi connectivity index (χ3n) is 5.65. The molecule has 3 aromatic rings. The Kier molecular flexibility index (Phi) is 7.52.